The molecule has 0 aliphatic carbocycles. The molecule has 0 bridgehead atoms. The molecule has 0 heterocycles. The molecule has 0 amide bonds. The van der Waals surface area contributed by atoms with E-state index < -0.39 is 0 Å². The van der Waals surface area contributed by atoms with Gasteiger partial charge in [-0.3, -0.25) is 0 Å². The van der Waals surface area contributed by atoms with Crippen molar-refractivity contribution in [1.82, 2.24) is 0 Å². The van der Waals surface area contributed by atoms with Crippen molar-refractivity contribution in [2.75, 3.05) is 0 Å². The van der Waals surface area contributed by atoms with Crippen LogP contribution in [0.4, 0.5) is 0 Å². The molecule has 0 fully saturated rings. The van der Waals surface area contributed by atoms with Crippen molar-refractivity contribution in [2.45, 2.75) is 0 Å². The van der Waals surface area contributed by atoms with Crippen LogP contribution in [0.1, 0.15) is 0 Å². The fourth-order valence-electron chi connectivity index (χ4n) is 0. The normalized spacial score (nSPS) is 0. The molecule has 1 radical (unpaired) electrons. The Morgan fingerprint density at radius 2 is 1.00 bits per heavy atom. The molecule has 0 rings (SSSR count). The van der Waals surface area contributed by atoms with Crippen molar-refractivity contribution in [2.24, 2.45) is 0 Å². The van der Waals surface area contributed by atoms with Crippen LogP contribution < -0.4 is 0 Å². The van der Waals surface area contributed by atoms with Gasteiger partial charge in [-0.1, -0.05) is 0 Å². The number of hydrogen-bond donors (Lipinski definition) is 0. The van der Waals surface area contributed by atoms with Crippen molar-refractivity contribution in [3.05, 3.63) is 0 Å². The summed E-state index contributed by atoms with van der Waals surface area (Å²) in [6.45, 7) is 0. The Morgan fingerprint density at radius 3 is 1.00 bits per heavy atom. The monoisotopic (exact) mass is 213 g/mol. The quantitative estimate of drug-likeness (QED) is 0.386. The fraction of sp³-hybridized carbons (Fsp3) is 0. The van der Waals surface area contributed by atoms with Gasteiger partial charge >= 0.3 is 23.1 Å². The maximum absolute atomic E-state index is 0. The first-order valence-electron chi connectivity index (χ1n) is 0. The van der Waals surface area contributed by atoms with Crippen LogP contribution in [0.5, 0.6) is 0 Å². The Balaban J connectivity index is 0. The Bertz CT molecular complexity index is 8.00. The van der Waals surface area contributed by atoms with Crippen LogP contribution in [0.25, 0.3) is 0 Å². The maximum atomic E-state index is 0. The second-order valence-electron chi connectivity index (χ2n) is 0. The van der Waals surface area contributed by atoms with Crippen molar-refractivity contribution < 1.29 is 41.1 Å². The molecule has 0 unspecified atom stereocenters. The van der Waals surface area contributed by atoms with Gasteiger partial charge in [-0.2, -0.15) is 0 Å². The molecule has 0 spiro atoms. The zero-order chi connectivity index (χ0) is 0. The molecule has 0 aliphatic heterocycles. The molecule has 4 heavy (non-hydrogen) atoms. The molecule has 0 aliphatic rings. The van der Waals surface area contributed by atoms with Gasteiger partial charge in [-0.25, -0.2) is 0 Å². The molecule has 0 aromatic carbocycles. The van der Waals surface area contributed by atoms with Crippen LogP contribution in [-0.2, 0) is 0 Å². The average Bonchev–Trinajstić information content (AvgIpc) is 0. The summed E-state index contributed by atoms with van der Waals surface area (Å²) < 4.78 is 0. The third-order valence-electron chi connectivity index (χ3n) is 0. The summed E-state index contributed by atoms with van der Waals surface area (Å²) in [5.41, 5.74) is 0. The summed E-state index contributed by atoms with van der Waals surface area (Å²) >= 11 is 0. The second-order valence-corrected chi connectivity index (χ2v) is 0. The Morgan fingerprint density at radius 1 is 1.00 bits per heavy atom. The Kier molecular flexibility index (Phi) is 143. The zero-order valence-electron chi connectivity index (χ0n) is 1.08. The number of rotatable bonds is 0. The summed E-state index contributed by atoms with van der Waals surface area (Å²) in [6.07, 6.45) is 0. The molecule has 4 heteroatoms. The van der Waals surface area contributed by atoms with Crippen LogP contribution in [0.2, 0.25) is 0 Å². The fourth-order valence-corrected chi connectivity index (χ4v) is 0. The molecule has 0 aromatic heterocycles. The topological polar surface area (TPSA) is 31.5 Å². The summed E-state index contributed by atoms with van der Waals surface area (Å²) in [6, 6.07) is 0. The van der Waals surface area contributed by atoms with Gasteiger partial charge in [0.05, 0.1) is 0 Å². The summed E-state index contributed by atoms with van der Waals surface area (Å²) in [5.74, 6) is 0. The SMILES string of the molecule is O.[AlH3].[La].[MgH2]. The van der Waals surface area contributed by atoms with Gasteiger partial charge in [0.1, 0.15) is 0 Å². The van der Waals surface area contributed by atoms with E-state index in [9.17, 15) is 0 Å². The van der Waals surface area contributed by atoms with E-state index in [0.717, 1.165) is 0 Å². The largest absolute Gasteiger partial charge is 0.412 e. The van der Waals surface area contributed by atoms with Crippen LogP contribution in [0, 0.1) is 35.6 Å². The molecule has 0 atom stereocenters. The minimum atomic E-state index is 0. The van der Waals surface area contributed by atoms with Crippen LogP contribution >= 0.6 is 0 Å². The standard InChI is InChI=1S/Al.La.Mg.H2O.5H/h;;;1H2;;;;;. The minimum Gasteiger partial charge on any atom is -0.412 e. The van der Waals surface area contributed by atoms with Crippen LogP contribution in [0.3, 0.4) is 0 Å². The molecule has 1 nitrogen and oxygen atoms in total. The average molecular weight is 213 g/mol. The van der Waals surface area contributed by atoms with E-state index in [1.54, 1.807) is 0 Å². The van der Waals surface area contributed by atoms with Gasteiger partial charge in [-0.15, -0.1) is 0 Å². The second kappa shape index (κ2) is 18.0. The van der Waals surface area contributed by atoms with Crippen molar-refractivity contribution in [1.29, 1.82) is 0 Å². The summed E-state index contributed by atoms with van der Waals surface area (Å²) in [4.78, 5) is 0. The molecule has 21 valence electrons. The Labute approximate surface area is 80.1 Å². The molecular formula is H7AlLaMgO. The van der Waals surface area contributed by atoms with Crippen molar-refractivity contribution in [3.8, 4) is 0 Å². The molecular weight excluding hydrogens is 206 g/mol. The van der Waals surface area contributed by atoms with E-state index in [2.05, 4.69) is 0 Å². The number of hydrogen-bond acceptors (Lipinski definition) is 0. The Hall–Kier alpha value is 2.45. The van der Waals surface area contributed by atoms with Crippen molar-refractivity contribution in [3.63, 3.8) is 0 Å². The summed E-state index contributed by atoms with van der Waals surface area (Å²) in [5, 5.41) is 0. The van der Waals surface area contributed by atoms with E-state index in [-0.39, 0.29) is 81.5 Å². The van der Waals surface area contributed by atoms with E-state index in [1.165, 1.54) is 0 Å². The van der Waals surface area contributed by atoms with E-state index in [0.29, 0.717) is 0 Å². The molecule has 2 N–H and O–H groups in total. The van der Waals surface area contributed by atoms with Crippen molar-refractivity contribution >= 4 is 40.4 Å². The maximum Gasteiger partial charge on any atom is 0.316 e. The molecule has 0 aromatic rings. The van der Waals surface area contributed by atoms with Gasteiger partial charge in [-0.05, 0) is 0 Å². The van der Waals surface area contributed by atoms with E-state index in [1.807, 2.05) is 0 Å². The van der Waals surface area contributed by atoms with E-state index in [4.69, 9.17) is 0 Å². The molecule has 0 saturated carbocycles. The smallest absolute Gasteiger partial charge is 0.316 e. The van der Waals surface area contributed by atoms with Gasteiger partial charge in [0.2, 0.25) is 0 Å². The van der Waals surface area contributed by atoms with Gasteiger partial charge in [0.25, 0.3) is 0 Å². The summed E-state index contributed by atoms with van der Waals surface area (Å²) in [7, 11) is 0. The van der Waals surface area contributed by atoms with Gasteiger partial charge < -0.3 is 5.48 Å². The predicted molar refractivity (Wildman–Crippen MR) is 22.1 cm³/mol. The predicted octanol–water partition coefficient (Wildman–Crippen LogP) is -2.92. The minimum absolute atomic E-state index is 0. The third kappa shape index (κ3) is 8.82. The van der Waals surface area contributed by atoms with Crippen LogP contribution in [-0.4, -0.2) is 45.9 Å². The first-order valence-corrected chi connectivity index (χ1v) is 0. The van der Waals surface area contributed by atoms with E-state index >= 15 is 0 Å². The molecule has 0 saturated heterocycles. The van der Waals surface area contributed by atoms with Crippen LogP contribution in [0.15, 0.2) is 0 Å². The van der Waals surface area contributed by atoms with Gasteiger partial charge in [0, 0.05) is 35.6 Å². The van der Waals surface area contributed by atoms with Gasteiger partial charge in [0.15, 0.2) is 17.4 Å². The third-order valence-corrected chi connectivity index (χ3v) is 0. The zero-order valence-corrected chi connectivity index (χ0v) is 4.70. The first-order chi connectivity index (χ1) is 0. The first kappa shape index (κ1) is 31.9.